The van der Waals surface area contributed by atoms with Crippen molar-refractivity contribution in [2.75, 3.05) is 13.1 Å². The summed E-state index contributed by atoms with van der Waals surface area (Å²) in [4.78, 5) is 41.8. The number of fused-ring (bicyclic) bond motifs is 1. The molecule has 1 aliphatic heterocycles. The maximum atomic E-state index is 13.1. The molecule has 1 aliphatic carbocycles. The number of H-pyrrole nitrogens is 1. The molecule has 0 radical (unpaired) electrons. The van der Waals surface area contributed by atoms with Crippen LogP contribution in [0.3, 0.4) is 0 Å². The van der Waals surface area contributed by atoms with Crippen molar-refractivity contribution < 1.29 is 14.7 Å². The number of pyridine rings is 1. The molecule has 2 N–H and O–H groups in total. The average Bonchev–Trinajstić information content (AvgIpc) is 3.03. The molecule has 2 aliphatic rings. The summed E-state index contributed by atoms with van der Waals surface area (Å²) in [5.41, 5.74) is 2.63. The number of benzene rings is 1. The monoisotopic (exact) mass is 380 g/mol. The van der Waals surface area contributed by atoms with Crippen LogP contribution in [0.25, 0.3) is 0 Å². The first kappa shape index (κ1) is 18.5. The summed E-state index contributed by atoms with van der Waals surface area (Å²) in [7, 11) is 0. The number of aromatic amines is 1. The number of hydrogen-bond acceptors (Lipinski definition) is 3. The van der Waals surface area contributed by atoms with E-state index in [2.05, 4.69) is 4.98 Å². The van der Waals surface area contributed by atoms with Crippen molar-refractivity contribution in [2.45, 2.75) is 38.0 Å². The first-order valence-electron chi connectivity index (χ1n) is 9.86. The number of amides is 1. The highest BCUT2D eigenvalue weighted by atomic mass is 16.4. The smallest absolute Gasteiger partial charge is 0.308 e. The predicted molar refractivity (Wildman–Crippen MR) is 105 cm³/mol. The standard InChI is InChI=1S/C22H24N2O4/c25-20-16(11-15-9-5-2-6-10-19(15)23-20)21(26)24-12-17(18(13-24)22(27)28)14-7-3-1-4-8-14/h1,3-4,7-8,11,17-18H,2,5-6,9-10,12-13H2,(H,23,25)(H,27,28)/t17-,18-/m1/s1. The fourth-order valence-electron chi connectivity index (χ4n) is 4.44. The lowest BCUT2D eigenvalue weighted by atomic mass is 9.89. The van der Waals surface area contributed by atoms with Gasteiger partial charge in [0.2, 0.25) is 0 Å². The van der Waals surface area contributed by atoms with Crippen molar-refractivity contribution in [1.29, 1.82) is 0 Å². The van der Waals surface area contributed by atoms with Crippen molar-refractivity contribution in [2.24, 2.45) is 5.92 Å². The molecule has 1 saturated heterocycles. The molecule has 6 nitrogen and oxygen atoms in total. The number of carbonyl (C=O) groups excluding carboxylic acids is 1. The molecule has 28 heavy (non-hydrogen) atoms. The van der Waals surface area contributed by atoms with Crippen LogP contribution in [0.4, 0.5) is 0 Å². The fourth-order valence-corrected chi connectivity index (χ4v) is 4.44. The van der Waals surface area contributed by atoms with Crippen LogP contribution in [0, 0.1) is 5.92 Å². The van der Waals surface area contributed by atoms with E-state index in [1.165, 1.54) is 4.90 Å². The third kappa shape index (κ3) is 3.46. The van der Waals surface area contributed by atoms with Gasteiger partial charge in [-0.15, -0.1) is 0 Å². The summed E-state index contributed by atoms with van der Waals surface area (Å²) >= 11 is 0. The van der Waals surface area contributed by atoms with Gasteiger partial charge in [-0.2, -0.15) is 0 Å². The first-order valence-corrected chi connectivity index (χ1v) is 9.86. The molecule has 0 bridgehead atoms. The molecule has 2 atom stereocenters. The minimum atomic E-state index is -0.917. The Labute approximate surface area is 163 Å². The lowest BCUT2D eigenvalue weighted by Gasteiger charge is -2.17. The Morgan fingerprint density at radius 2 is 1.79 bits per heavy atom. The van der Waals surface area contributed by atoms with E-state index in [9.17, 15) is 19.5 Å². The molecule has 2 heterocycles. The van der Waals surface area contributed by atoms with E-state index in [0.717, 1.165) is 48.9 Å². The minimum Gasteiger partial charge on any atom is -0.481 e. The van der Waals surface area contributed by atoms with Gasteiger partial charge in [-0.25, -0.2) is 0 Å². The molecule has 1 fully saturated rings. The SMILES string of the molecule is O=C(O)[C@@H]1CN(C(=O)c2cc3c([nH]c2=O)CCCCC3)C[C@@H]1c1ccccc1. The Morgan fingerprint density at radius 1 is 1.04 bits per heavy atom. The van der Waals surface area contributed by atoms with Crippen LogP contribution >= 0.6 is 0 Å². The molecule has 1 aromatic heterocycles. The van der Waals surface area contributed by atoms with Gasteiger partial charge < -0.3 is 15.0 Å². The topological polar surface area (TPSA) is 90.5 Å². The summed E-state index contributed by atoms with van der Waals surface area (Å²) in [6, 6.07) is 11.1. The van der Waals surface area contributed by atoms with Gasteiger partial charge in [0.25, 0.3) is 11.5 Å². The average molecular weight is 380 g/mol. The van der Waals surface area contributed by atoms with Gasteiger partial charge in [0.1, 0.15) is 5.56 Å². The zero-order valence-electron chi connectivity index (χ0n) is 15.7. The Bertz CT molecular complexity index is 951. The van der Waals surface area contributed by atoms with Crippen molar-refractivity contribution >= 4 is 11.9 Å². The maximum Gasteiger partial charge on any atom is 0.308 e. The number of nitrogens with one attached hydrogen (secondary N) is 1. The van der Waals surface area contributed by atoms with Crippen LogP contribution in [-0.4, -0.2) is 40.0 Å². The first-order chi connectivity index (χ1) is 13.5. The second-order valence-corrected chi connectivity index (χ2v) is 7.75. The molecule has 146 valence electrons. The van der Waals surface area contributed by atoms with Crippen LogP contribution in [0.15, 0.2) is 41.2 Å². The molecule has 0 spiro atoms. The number of nitrogens with zero attached hydrogens (tertiary/aromatic N) is 1. The summed E-state index contributed by atoms with van der Waals surface area (Å²) in [6.07, 6.45) is 4.90. The number of carboxylic acids is 1. The Balaban J connectivity index is 1.63. The lowest BCUT2D eigenvalue weighted by molar-refractivity contribution is -0.141. The largest absolute Gasteiger partial charge is 0.481 e. The van der Waals surface area contributed by atoms with Crippen LogP contribution in [0.5, 0.6) is 0 Å². The van der Waals surface area contributed by atoms with E-state index in [-0.39, 0.29) is 29.5 Å². The lowest BCUT2D eigenvalue weighted by Crippen LogP contribution is -2.34. The van der Waals surface area contributed by atoms with Crippen molar-refractivity contribution in [3.05, 3.63) is 69.1 Å². The third-order valence-electron chi connectivity index (χ3n) is 5.97. The number of aryl methyl sites for hydroxylation is 2. The number of likely N-dealkylation sites (tertiary alicyclic amines) is 1. The number of carbonyl (C=O) groups is 2. The van der Waals surface area contributed by atoms with E-state index in [1.807, 2.05) is 30.3 Å². The van der Waals surface area contributed by atoms with Gasteiger partial charge in [-0.1, -0.05) is 36.8 Å². The number of rotatable bonds is 3. The Hall–Kier alpha value is -2.89. The van der Waals surface area contributed by atoms with E-state index < -0.39 is 11.9 Å². The summed E-state index contributed by atoms with van der Waals surface area (Å²) < 4.78 is 0. The predicted octanol–water partition coefficient (Wildman–Crippen LogP) is 2.58. The van der Waals surface area contributed by atoms with Gasteiger partial charge in [0.05, 0.1) is 5.92 Å². The summed E-state index contributed by atoms with van der Waals surface area (Å²) in [5.74, 6) is -2.24. The summed E-state index contributed by atoms with van der Waals surface area (Å²) in [5, 5.41) is 9.65. The highest BCUT2D eigenvalue weighted by Crippen LogP contribution is 2.33. The zero-order valence-corrected chi connectivity index (χ0v) is 15.7. The number of aliphatic carboxylic acids is 1. The molecular formula is C22H24N2O4. The fraction of sp³-hybridized carbons (Fsp3) is 0.409. The number of hydrogen-bond donors (Lipinski definition) is 2. The van der Waals surface area contributed by atoms with Gasteiger partial charge in [0.15, 0.2) is 0 Å². The Morgan fingerprint density at radius 3 is 2.54 bits per heavy atom. The van der Waals surface area contributed by atoms with Gasteiger partial charge in [-0.05, 0) is 42.9 Å². The van der Waals surface area contributed by atoms with E-state index in [0.29, 0.717) is 6.54 Å². The van der Waals surface area contributed by atoms with Gasteiger partial charge in [-0.3, -0.25) is 14.4 Å². The molecule has 6 heteroatoms. The highest BCUT2D eigenvalue weighted by molar-refractivity contribution is 5.95. The van der Waals surface area contributed by atoms with Crippen LogP contribution in [0.1, 0.15) is 52.4 Å². The normalized spacial score (nSPS) is 21.8. The van der Waals surface area contributed by atoms with Gasteiger partial charge >= 0.3 is 5.97 Å². The molecule has 4 rings (SSSR count). The van der Waals surface area contributed by atoms with Crippen LogP contribution < -0.4 is 5.56 Å². The van der Waals surface area contributed by atoms with E-state index in [4.69, 9.17) is 0 Å². The zero-order chi connectivity index (χ0) is 19.7. The quantitative estimate of drug-likeness (QED) is 0.801. The minimum absolute atomic E-state index is 0.115. The molecule has 2 aromatic rings. The van der Waals surface area contributed by atoms with Crippen LogP contribution in [-0.2, 0) is 17.6 Å². The van der Waals surface area contributed by atoms with Crippen molar-refractivity contribution in [1.82, 2.24) is 9.88 Å². The summed E-state index contributed by atoms with van der Waals surface area (Å²) in [6.45, 7) is 0.417. The Kier molecular flexibility index (Phi) is 5.03. The van der Waals surface area contributed by atoms with Gasteiger partial charge in [0, 0.05) is 24.7 Å². The van der Waals surface area contributed by atoms with Crippen molar-refractivity contribution in [3.63, 3.8) is 0 Å². The number of carboxylic acid groups (broad SMARTS) is 1. The van der Waals surface area contributed by atoms with Crippen molar-refractivity contribution in [3.8, 4) is 0 Å². The second-order valence-electron chi connectivity index (χ2n) is 7.75. The molecule has 0 unspecified atom stereocenters. The molecule has 1 aromatic carbocycles. The molecule has 1 amide bonds. The third-order valence-corrected chi connectivity index (χ3v) is 5.97. The van der Waals surface area contributed by atoms with Crippen LogP contribution in [0.2, 0.25) is 0 Å². The molecule has 0 saturated carbocycles. The number of aromatic nitrogens is 1. The van der Waals surface area contributed by atoms with E-state index >= 15 is 0 Å². The van der Waals surface area contributed by atoms with E-state index in [1.54, 1.807) is 6.07 Å². The second kappa shape index (κ2) is 7.62. The highest BCUT2D eigenvalue weighted by Gasteiger charge is 2.41. The maximum absolute atomic E-state index is 13.1. The molecular weight excluding hydrogens is 356 g/mol.